The maximum Gasteiger partial charge on any atom is 0.171 e. The monoisotopic (exact) mass is 662 g/mol. The minimum atomic E-state index is -0.831. The van der Waals surface area contributed by atoms with Crippen LogP contribution in [0.4, 0.5) is 11.4 Å². The summed E-state index contributed by atoms with van der Waals surface area (Å²) in [6.07, 6.45) is 11.1. The highest BCUT2D eigenvalue weighted by atomic mass is 35.5. The van der Waals surface area contributed by atoms with Crippen molar-refractivity contribution < 1.29 is 23.7 Å². The van der Waals surface area contributed by atoms with Crippen molar-refractivity contribution in [3.8, 4) is 11.5 Å². The molecule has 2 aromatic rings. The SMILES string of the molecule is COc1ccc2c(c1)C(C)(C)/C(=C/C=C1\CCCC(/C=C/C3(OC)N(C(C)OC)c4ccc(OC)cc4C3(C)C)=C1Cl)N2C(C)OC. The van der Waals surface area contributed by atoms with Crippen LogP contribution in [0.2, 0.25) is 0 Å². The summed E-state index contributed by atoms with van der Waals surface area (Å²) in [5.41, 5.74) is 6.35. The van der Waals surface area contributed by atoms with E-state index in [1.54, 1.807) is 35.5 Å². The molecule has 0 saturated heterocycles. The molecule has 3 atom stereocenters. The van der Waals surface area contributed by atoms with Crippen LogP contribution < -0.4 is 19.3 Å². The standard InChI is InChI=1S/C39H51ClN2O5/c1-25(43-7)41-33-18-16-29(45-9)23-31(33)37(3,4)35(41)20-15-27-13-12-14-28(36(27)40)21-22-39(47-11)38(5,6)32-24-30(46-10)17-19-34(32)42(39)26(2)44-8/h15-26H,12-14H2,1-11H3/b22-21+,27-15+,35-20-. The summed E-state index contributed by atoms with van der Waals surface area (Å²) >= 11 is 7.24. The van der Waals surface area contributed by atoms with Crippen molar-refractivity contribution in [1.29, 1.82) is 0 Å². The van der Waals surface area contributed by atoms with E-state index in [-0.39, 0.29) is 17.9 Å². The van der Waals surface area contributed by atoms with Gasteiger partial charge in [-0.25, -0.2) is 0 Å². The summed E-state index contributed by atoms with van der Waals surface area (Å²) in [4.78, 5) is 4.49. The van der Waals surface area contributed by atoms with Gasteiger partial charge in [0.1, 0.15) is 24.0 Å². The molecule has 0 aromatic heterocycles. The van der Waals surface area contributed by atoms with Crippen LogP contribution >= 0.6 is 11.6 Å². The van der Waals surface area contributed by atoms with Gasteiger partial charge in [-0.3, -0.25) is 0 Å². The summed E-state index contributed by atoms with van der Waals surface area (Å²) in [7, 11) is 8.64. The summed E-state index contributed by atoms with van der Waals surface area (Å²) < 4.78 is 29.4. The fourth-order valence-electron chi connectivity index (χ4n) is 7.62. The van der Waals surface area contributed by atoms with Crippen molar-refractivity contribution in [2.75, 3.05) is 45.3 Å². The molecule has 0 fully saturated rings. The van der Waals surface area contributed by atoms with E-state index in [4.69, 9.17) is 35.3 Å². The molecule has 254 valence electrons. The zero-order valence-corrected chi connectivity index (χ0v) is 30.6. The number of halogens is 1. The lowest BCUT2D eigenvalue weighted by atomic mass is 9.76. The van der Waals surface area contributed by atoms with E-state index in [2.05, 4.69) is 93.0 Å². The molecule has 2 aliphatic heterocycles. The number of anilines is 2. The van der Waals surface area contributed by atoms with Crippen LogP contribution in [-0.2, 0) is 25.0 Å². The Morgan fingerprint density at radius 1 is 0.787 bits per heavy atom. The van der Waals surface area contributed by atoms with Gasteiger partial charge in [0.2, 0.25) is 0 Å². The van der Waals surface area contributed by atoms with E-state index in [1.807, 2.05) is 19.1 Å². The predicted molar refractivity (Wildman–Crippen MR) is 192 cm³/mol. The van der Waals surface area contributed by atoms with E-state index >= 15 is 0 Å². The Morgan fingerprint density at radius 2 is 1.40 bits per heavy atom. The Hall–Kier alpha value is -3.23. The van der Waals surface area contributed by atoms with Crippen LogP contribution in [0.3, 0.4) is 0 Å². The van der Waals surface area contributed by atoms with Gasteiger partial charge < -0.3 is 33.5 Å². The molecular formula is C39H51ClN2O5. The van der Waals surface area contributed by atoms with E-state index in [0.717, 1.165) is 69.6 Å². The van der Waals surface area contributed by atoms with Crippen molar-refractivity contribution in [1.82, 2.24) is 0 Å². The van der Waals surface area contributed by atoms with Gasteiger partial charge in [0.05, 0.1) is 14.2 Å². The van der Waals surface area contributed by atoms with Gasteiger partial charge in [-0.05, 0) is 104 Å². The van der Waals surface area contributed by atoms with E-state index < -0.39 is 11.1 Å². The lowest BCUT2D eigenvalue weighted by Crippen LogP contribution is -2.59. The quantitative estimate of drug-likeness (QED) is 0.252. The lowest BCUT2D eigenvalue weighted by Gasteiger charge is -2.46. The topological polar surface area (TPSA) is 52.6 Å². The van der Waals surface area contributed by atoms with E-state index in [9.17, 15) is 0 Å². The van der Waals surface area contributed by atoms with Gasteiger partial charge in [0.25, 0.3) is 0 Å². The highest BCUT2D eigenvalue weighted by molar-refractivity contribution is 6.32. The number of fused-ring (bicyclic) bond motifs is 2. The van der Waals surface area contributed by atoms with Crippen molar-refractivity contribution in [3.63, 3.8) is 0 Å². The Labute approximate surface area is 286 Å². The van der Waals surface area contributed by atoms with Crippen molar-refractivity contribution in [2.24, 2.45) is 0 Å². The van der Waals surface area contributed by atoms with Crippen LogP contribution in [0.5, 0.6) is 11.5 Å². The minimum Gasteiger partial charge on any atom is -0.497 e. The third-order valence-electron chi connectivity index (χ3n) is 10.6. The van der Waals surface area contributed by atoms with Gasteiger partial charge in [-0.2, -0.15) is 0 Å². The largest absolute Gasteiger partial charge is 0.497 e. The van der Waals surface area contributed by atoms with Crippen LogP contribution in [0.15, 0.2) is 82.6 Å². The Bertz CT molecular complexity index is 1620. The number of methoxy groups -OCH3 is 5. The minimum absolute atomic E-state index is 0.147. The predicted octanol–water partition coefficient (Wildman–Crippen LogP) is 8.97. The molecule has 3 unspecified atom stereocenters. The molecule has 3 aliphatic rings. The maximum atomic E-state index is 7.24. The molecule has 0 N–H and O–H groups in total. The first kappa shape index (κ1) is 35.1. The molecule has 8 heteroatoms. The third-order valence-corrected chi connectivity index (χ3v) is 11.0. The molecule has 5 rings (SSSR count). The normalized spacial score (nSPS) is 24.7. The smallest absolute Gasteiger partial charge is 0.171 e. The number of ether oxygens (including phenoxy) is 5. The second-order valence-corrected chi connectivity index (χ2v) is 14.0. The van der Waals surface area contributed by atoms with E-state index in [0.29, 0.717) is 0 Å². The summed E-state index contributed by atoms with van der Waals surface area (Å²) in [6, 6.07) is 12.4. The average molecular weight is 663 g/mol. The third kappa shape index (κ3) is 5.69. The first-order valence-electron chi connectivity index (χ1n) is 16.4. The van der Waals surface area contributed by atoms with Gasteiger partial charge in [-0.1, -0.05) is 51.4 Å². The fourth-order valence-corrected chi connectivity index (χ4v) is 7.93. The molecular weight excluding hydrogens is 612 g/mol. The first-order valence-corrected chi connectivity index (χ1v) is 16.8. The first-order chi connectivity index (χ1) is 22.3. The summed E-state index contributed by atoms with van der Waals surface area (Å²) in [5.74, 6) is 1.65. The van der Waals surface area contributed by atoms with Gasteiger partial charge in [-0.15, -0.1) is 0 Å². The average Bonchev–Trinajstić information content (AvgIpc) is 3.42. The Kier molecular flexibility index (Phi) is 9.96. The molecule has 0 radical (unpaired) electrons. The molecule has 2 heterocycles. The molecule has 7 nitrogen and oxygen atoms in total. The molecule has 1 aliphatic carbocycles. The van der Waals surface area contributed by atoms with Crippen LogP contribution in [0.25, 0.3) is 0 Å². The Balaban J connectivity index is 1.56. The molecule has 2 aromatic carbocycles. The lowest BCUT2D eigenvalue weighted by molar-refractivity contribution is -0.0474. The number of hydrogen-bond acceptors (Lipinski definition) is 7. The van der Waals surface area contributed by atoms with Crippen LogP contribution in [-0.4, -0.2) is 53.7 Å². The second-order valence-electron chi connectivity index (χ2n) is 13.6. The molecule has 0 amide bonds. The molecule has 0 bridgehead atoms. The fraction of sp³-hybridized carbons (Fsp3) is 0.487. The van der Waals surface area contributed by atoms with Crippen molar-refractivity contribution in [2.45, 2.75) is 89.8 Å². The number of allylic oxidation sites excluding steroid dienone is 7. The summed E-state index contributed by atoms with van der Waals surface area (Å²) in [5, 5.41) is 0.790. The highest BCUT2D eigenvalue weighted by Gasteiger charge is 2.58. The number of benzene rings is 2. The maximum absolute atomic E-state index is 7.24. The number of rotatable bonds is 10. The molecule has 47 heavy (non-hydrogen) atoms. The van der Waals surface area contributed by atoms with Gasteiger partial charge in [0.15, 0.2) is 5.72 Å². The molecule has 0 spiro atoms. The Morgan fingerprint density at radius 3 is 2.00 bits per heavy atom. The summed E-state index contributed by atoms with van der Waals surface area (Å²) in [6.45, 7) is 13.0. The van der Waals surface area contributed by atoms with Crippen molar-refractivity contribution in [3.05, 3.63) is 93.7 Å². The second kappa shape index (κ2) is 13.3. The zero-order valence-electron chi connectivity index (χ0n) is 29.9. The van der Waals surface area contributed by atoms with Gasteiger partial charge >= 0.3 is 0 Å². The van der Waals surface area contributed by atoms with E-state index in [1.165, 1.54) is 5.56 Å². The molecule has 0 saturated carbocycles. The zero-order chi connectivity index (χ0) is 34.3. The van der Waals surface area contributed by atoms with Crippen LogP contribution in [0, 0.1) is 0 Å². The highest BCUT2D eigenvalue weighted by Crippen LogP contribution is 2.55. The van der Waals surface area contributed by atoms with Crippen LogP contribution in [0.1, 0.15) is 71.9 Å². The number of hydrogen-bond donors (Lipinski definition) is 0. The number of nitrogens with zero attached hydrogens (tertiary/aromatic N) is 2. The van der Waals surface area contributed by atoms with Gasteiger partial charge in [0, 0.05) is 54.3 Å². The van der Waals surface area contributed by atoms with Crippen molar-refractivity contribution >= 4 is 23.0 Å².